The van der Waals surface area contributed by atoms with E-state index >= 15 is 0 Å². The molecule has 1 heterocycles. The predicted molar refractivity (Wildman–Crippen MR) is 340 cm³/mol. The maximum atomic E-state index is 14.1. The van der Waals surface area contributed by atoms with Crippen LogP contribution in [0, 0.1) is 5.92 Å². The van der Waals surface area contributed by atoms with Gasteiger partial charge in [-0.05, 0) is 83.5 Å². The Morgan fingerprint density at radius 3 is 1.29 bits per heavy atom. The molecule has 0 unspecified atom stereocenters. The maximum absolute atomic E-state index is 14.1. The number of carbonyl (C=O) groups is 18. The zero-order valence-corrected chi connectivity index (χ0v) is 54.9. The smallest absolute Gasteiger partial charge is 0.404 e. The lowest BCUT2D eigenvalue weighted by atomic mass is 10.0. The molecule has 1 saturated heterocycles. The number of nitrogens with two attached hydrogens (primary N) is 7. The molecule has 0 aromatic carbocycles. The Labute approximate surface area is 566 Å². The molecular weight excluding hydrogens is 1320 g/mol. The van der Waals surface area contributed by atoms with Crippen LogP contribution < -0.4 is 98.6 Å². The zero-order valence-electron chi connectivity index (χ0n) is 54.9. The van der Waals surface area contributed by atoms with Gasteiger partial charge in [-0.3, -0.25) is 81.7 Å². The summed E-state index contributed by atoms with van der Waals surface area (Å²) in [5.74, 6) is -20.5. The van der Waals surface area contributed by atoms with Gasteiger partial charge < -0.3 is 129 Å². The number of aliphatic hydroxyl groups excluding tert-OH is 2. The third kappa shape index (κ3) is 33.3. The van der Waals surface area contributed by atoms with Gasteiger partial charge in [0.1, 0.15) is 66.5 Å². The Balaban J connectivity index is 3.51. The van der Waals surface area contributed by atoms with E-state index in [1.165, 1.54) is 13.8 Å². The average Bonchev–Trinajstić information content (AvgIpc) is 1.74. The van der Waals surface area contributed by atoms with Crippen molar-refractivity contribution in [2.45, 2.75) is 196 Å². The Morgan fingerprint density at radius 2 is 0.869 bits per heavy atom. The Kier molecular flexibility index (Phi) is 38.7. The molecule has 1 aliphatic rings. The molecule has 1 rings (SSSR count). The fourth-order valence-corrected chi connectivity index (χ4v) is 9.43. The molecule has 16 amide bonds. The minimum atomic E-state index is -2.03. The Hall–Kier alpha value is -10.6. The Morgan fingerprint density at radius 1 is 0.465 bits per heavy atom. The molecule has 0 spiro atoms. The van der Waals surface area contributed by atoms with E-state index in [-0.39, 0.29) is 71.0 Å². The number of unbranched alkanes of at least 4 members (excludes halogenated alkanes) is 1. The number of nitrogens with one attached hydrogen (secondary N) is 11. The summed E-state index contributed by atoms with van der Waals surface area (Å²) in [6.45, 7) is 1.34. The number of carboxylic acid groups (broad SMARTS) is 3. The van der Waals surface area contributed by atoms with Crippen LogP contribution >= 0.6 is 0 Å². The molecule has 30 N–H and O–H groups in total. The van der Waals surface area contributed by atoms with Crippen LogP contribution in [0.15, 0.2) is 4.99 Å². The SMILES string of the molecule is CC(C)[C@H](NC(=O)[C@@H]1CCCN1C(=O)[C@H](CC(N)=O)NC(=O)[C@H](CCC(=O)O)NC(=O)[C@H](C)NC(=O)[C@H](CCC(N)=O)NC(=O)[C@H](CO)NC(=O)[C@H](CCCN=C(N)N)NC(=O)[C@H](CCC(N)=O)NC(=O)[C@H](CO)NC(=O)[C@H](CCCCNC(=O)O)NC(=O)[C@@H](N)CCC(N)=O)C(=O)O. The van der Waals surface area contributed by atoms with E-state index in [9.17, 15) is 107 Å². The second kappa shape index (κ2) is 44.3. The lowest BCUT2D eigenvalue weighted by Crippen LogP contribution is -2.61. The van der Waals surface area contributed by atoms with Crippen molar-refractivity contribution >= 4 is 113 Å². The molecule has 0 aliphatic carbocycles. The number of amides is 16. The number of nitrogens with zero attached hydrogens (tertiary/aromatic N) is 2. The van der Waals surface area contributed by atoms with E-state index in [4.69, 9.17) is 45.2 Å². The van der Waals surface area contributed by atoms with Gasteiger partial charge in [-0.1, -0.05) is 13.8 Å². The summed E-state index contributed by atoms with van der Waals surface area (Å²) in [6, 6.07) is -20.2. The van der Waals surface area contributed by atoms with E-state index in [0.29, 0.717) is 0 Å². The van der Waals surface area contributed by atoms with Crippen molar-refractivity contribution in [3.8, 4) is 0 Å². The number of rotatable bonds is 48. The molecule has 1 aliphatic heterocycles. The third-order valence-corrected chi connectivity index (χ3v) is 14.8. The van der Waals surface area contributed by atoms with E-state index in [1.54, 1.807) is 0 Å². The average molecular weight is 1420 g/mol. The Bertz CT molecular complexity index is 2930. The number of likely N-dealkylation sites (tertiary alicyclic amines) is 1. The van der Waals surface area contributed by atoms with Crippen molar-refractivity contribution < 1.29 is 112 Å². The van der Waals surface area contributed by atoms with Crippen LogP contribution in [0.1, 0.15) is 124 Å². The second-order valence-corrected chi connectivity index (χ2v) is 23.2. The number of guanidine groups is 1. The first-order valence-electron chi connectivity index (χ1n) is 31.3. The highest BCUT2D eigenvalue weighted by Crippen LogP contribution is 2.21. The summed E-state index contributed by atoms with van der Waals surface area (Å²) < 4.78 is 0. The molecular formula is C56H94N20O23. The van der Waals surface area contributed by atoms with Gasteiger partial charge >= 0.3 is 18.0 Å². The summed E-state index contributed by atoms with van der Waals surface area (Å²) in [5, 5.41) is 73.4. The maximum Gasteiger partial charge on any atom is 0.404 e. The molecule has 43 nitrogen and oxygen atoms in total. The van der Waals surface area contributed by atoms with Gasteiger partial charge in [-0.2, -0.15) is 0 Å². The molecule has 1 fully saturated rings. The van der Waals surface area contributed by atoms with Crippen LogP contribution in [0.2, 0.25) is 0 Å². The van der Waals surface area contributed by atoms with Crippen molar-refractivity contribution in [2.75, 3.05) is 32.8 Å². The van der Waals surface area contributed by atoms with Crippen LogP contribution in [0.5, 0.6) is 0 Å². The van der Waals surface area contributed by atoms with Gasteiger partial charge in [0, 0.05) is 45.3 Å². The van der Waals surface area contributed by atoms with Crippen molar-refractivity contribution in [1.82, 2.24) is 63.4 Å². The van der Waals surface area contributed by atoms with Gasteiger partial charge in [-0.25, -0.2) is 9.59 Å². The second-order valence-electron chi connectivity index (χ2n) is 23.2. The van der Waals surface area contributed by atoms with Crippen molar-refractivity contribution in [3.63, 3.8) is 0 Å². The number of carbonyl (C=O) groups excluding carboxylic acids is 15. The van der Waals surface area contributed by atoms with E-state index in [2.05, 4.69) is 63.5 Å². The van der Waals surface area contributed by atoms with Gasteiger partial charge in [0.25, 0.3) is 0 Å². The highest BCUT2D eigenvalue weighted by atomic mass is 16.4. The lowest BCUT2D eigenvalue weighted by Gasteiger charge is -2.30. The largest absolute Gasteiger partial charge is 0.481 e. The first kappa shape index (κ1) is 86.4. The van der Waals surface area contributed by atoms with Crippen LogP contribution in [0.25, 0.3) is 0 Å². The van der Waals surface area contributed by atoms with Crippen molar-refractivity contribution in [1.29, 1.82) is 0 Å². The molecule has 0 aromatic heterocycles. The van der Waals surface area contributed by atoms with Crippen LogP contribution in [0.3, 0.4) is 0 Å². The predicted octanol–water partition coefficient (Wildman–Crippen LogP) is -11.1. The number of aliphatic imine (C=N–C) groups is 1. The standard InChI is InChI=1S/C56H94N20O23/c1-25(2)42(54(96)97)75-52(94)36-10-7-21-76(36)53(95)33(22-40(61)82)72-49(91)32(14-18-41(83)84)67-43(85)26(3)66-45(87)30(12-16-38(59)80)70-50(92)34(23-77)74-47(89)29(9-6-20-64-55(62)63)69-48(90)31(13-17-39(60)81)71-51(93)35(24-78)73-46(88)28(8-4-5-19-65-56(98)99)68-44(86)27(57)11-15-37(58)79/h25-36,42,65,77-78H,4-24,57H2,1-3H3,(H2,58,79)(H2,59,80)(H2,60,81)(H2,61,82)(H,66,87)(H,67,85)(H,68,86)(H,69,90)(H,70,92)(H,71,93)(H,72,91)(H,73,88)(H,74,89)(H,75,94)(H,83,84)(H,96,97)(H,98,99)(H4,62,63,64)/t26-,27-,28-,29-,30-,31-,32-,33-,34-,35-,36-,42-/m0/s1. The molecule has 0 radical (unpaired) electrons. The zero-order chi connectivity index (χ0) is 75.4. The van der Waals surface area contributed by atoms with E-state index in [1.807, 2.05) is 0 Å². The molecule has 0 saturated carbocycles. The van der Waals surface area contributed by atoms with Gasteiger partial charge in [0.2, 0.25) is 88.6 Å². The molecule has 43 heteroatoms. The minimum absolute atomic E-state index is 0.0496. The first-order chi connectivity index (χ1) is 46.3. The first-order valence-corrected chi connectivity index (χ1v) is 31.3. The third-order valence-electron chi connectivity index (χ3n) is 14.8. The number of primary amides is 4. The van der Waals surface area contributed by atoms with Gasteiger partial charge in [0.05, 0.1) is 25.7 Å². The van der Waals surface area contributed by atoms with Crippen LogP contribution in [0.4, 0.5) is 4.79 Å². The number of hydrogen-bond acceptors (Lipinski definition) is 22. The molecule has 0 bridgehead atoms. The quantitative estimate of drug-likeness (QED) is 0.0153. The summed E-state index contributed by atoms with van der Waals surface area (Å²) >= 11 is 0. The summed E-state index contributed by atoms with van der Waals surface area (Å²) in [6.07, 6.45) is -6.90. The number of aliphatic hydroxyl groups is 2. The monoisotopic (exact) mass is 1410 g/mol. The molecule has 99 heavy (non-hydrogen) atoms. The normalized spacial score (nSPS) is 15.8. The van der Waals surface area contributed by atoms with Crippen LogP contribution in [-0.2, 0) is 81.5 Å². The van der Waals surface area contributed by atoms with Gasteiger partial charge in [-0.15, -0.1) is 0 Å². The molecule has 556 valence electrons. The van der Waals surface area contributed by atoms with Crippen LogP contribution in [-0.4, -0.2) is 248 Å². The fourth-order valence-electron chi connectivity index (χ4n) is 9.43. The summed E-state index contributed by atoms with van der Waals surface area (Å²) in [5.41, 5.74) is 38.0. The van der Waals surface area contributed by atoms with Crippen molar-refractivity contribution in [3.05, 3.63) is 0 Å². The minimum Gasteiger partial charge on any atom is -0.481 e. The lowest BCUT2D eigenvalue weighted by molar-refractivity contribution is -0.146. The van der Waals surface area contributed by atoms with Crippen molar-refractivity contribution in [2.24, 2.45) is 51.0 Å². The fraction of sp³-hybridized carbons (Fsp3) is 0.661. The summed E-state index contributed by atoms with van der Waals surface area (Å²) in [4.78, 5) is 238. The highest BCUT2D eigenvalue weighted by molar-refractivity contribution is 6.00. The number of hydrogen-bond donors (Lipinski definition) is 23. The molecule has 0 aromatic rings. The van der Waals surface area contributed by atoms with E-state index < -0.39 is 256 Å². The van der Waals surface area contributed by atoms with Gasteiger partial charge in [0.15, 0.2) is 5.96 Å². The highest BCUT2D eigenvalue weighted by Gasteiger charge is 2.41. The summed E-state index contributed by atoms with van der Waals surface area (Å²) in [7, 11) is 0. The van der Waals surface area contributed by atoms with E-state index in [0.717, 1.165) is 11.8 Å². The number of carboxylic acids is 2. The number of aliphatic carboxylic acids is 2. The molecule has 12 atom stereocenters. The topological polar surface area (TPSA) is 738 Å².